The Labute approximate surface area is 161 Å². The van der Waals surface area contributed by atoms with E-state index in [1.165, 1.54) is 11.1 Å². The van der Waals surface area contributed by atoms with E-state index in [0.29, 0.717) is 6.42 Å². The van der Waals surface area contributed by atoms with Crippen molar-refractivity contribution in [2.45, 2.75) is 19.5 Å². The Morgan fingerprint density at radius 3 is 2.44 bits per heavy atom. The topological polar surface area (TPSA) is 45.6 Å². The number of hydrogen-bond acceptors (Lipinski definition) is 4. The van der Waals surface area contributed by atoms with Crippen molar-refractivity contribution in [3.05, 3.63) is 83.7 Å². The van der Waals surface area contributed by atoms with Crippen LogP contribution in [-0.4, -0.2) is 35.8 Å². The molecule has 140 valence electrons. The third kappa shape index (κ3) is 5.16. The van der Waals surface area contributed by atoms with Crippen molar-refractivity contribution in [1.29, 1.82) is 0 Å². The predicted octanol–water partition coefficient (Wildman–Crippen LogP) is 3.92. The zero-order chi connectivity index (χ0) is 19.1. The third-order valence-electron chi connectivity index (χ3n) is 4.56. The third-order valence-corrected chi connectivity index (χ3v) is 4.56. The van der Waals surface area contributed by atoms with E-state index in [1.807, 2.05) is 42.7 Å². The van der Waals surface area contributed by atoms with Crippen molar-refractivity contribution in [2.24, 2.45) is 0 Å². The molecule has 0 fully saturated rings. The lowest BCUT2D eigenvalue weighted by atomic mass is 9.99. The molecule has 0 saturated heterocycles. The molecule has 0 aliphatic carbocycles. The van der Waals surface area contributed by atoms with Crippen LogP contribution < -0.4 is 4.74 Å². The van der Waals surface area contributed by atoms with Gasteiger partial charge in [0, 0.05) is 37.7 Å². The van der Waals surface area contributed by atoms with E-state index >= 15 is 0 Å². The van der Waals surface area contributed by atoms with Gasteiger partial charge in [-0.15, -0.1) is 0 Å². The van der Waals surface area contributed by atoms with Crippen LogP contribution >= 0.6 is 0 Å². The summed E-state index contributed by atoms with van der Waals surface area (Å²) in [5.74, 6) is 0.858. The second-order valence-corrected chi connectivity index (χ2v) is 6.74. The summed E-state index contributed by atoms with van der Waals surface area (Å²) in [7, 11) is 3.82. The summed E-state index contributed by atoms with van der Waals surface area (Å²) in [6, 6.07) is 18.7. The molecule has 0 saturated carbocycles. The fourth-order valence-corrected chi connectivity index (χ4v) is 3.27. The fraction of sp³-hybridized carbons (Fsp3) is 0.261. The number of nitrogens with zero attached hydrogens (tertiary/aromatic N) is 2. The normalized spacial score (nSPS) is 11.0. The molecule has 0 bridgehead atoms. The van der Waals surface area contributed by atoms with E-state index in [2.05, 4.69) is 41.2 Å². The number of methoxy groups -OCH3 is 1. The molecule has 1 heterocycles. The molecule has 0 aliphatic heterocycles. The molecule has 4 heteroatoms. The summed E-state index contributed by atoms with van der Waals surface area (Å²) >= 11 is 0. The van der Waals surface area contributed by atoms with Gasteiger partial charge in [0.1, 0.15) is 5.75 Å². The van der Waals surface area contributed by atoms with Crippen LogP contribution in [0.15, 0.2) is 67.0 Å². The molecular formula is C23H26N2O2. The summed E-state index contributed by atoms with van der Waals surface area (Å²) in [6.45, 7) is 1.87. The van der Waals surface area contributed by atoms with Crippen LogP contribution in [0.1, 0.15) is 16.7 Å². The molecule has 1 aromatic heterocycles. The van der Waals surface area contributed by atoms with Crippen molar-refractivity contribution in [3.8, 4) is 16.9 Å². The molecule has 0 amide bonds. The minimum atomic E-state index is 0.153. The van der Waals surface area contributed by atoms with Crippen LogP contribution in [0.4, 0.5) is 0 Å². The Balaban J connectivity index is 1.82. The second-order valence-electron chi connectivity index (χ2n) is 6.74. The first-order valence-electron chi connectivity index (χ1n) is 9.14. The summed E-state index contributed by atoms with van der Waals surface area (Å²) in [5, 5.41) is 9.21. The van der Waals surface area contributed by atoms with Crippen molar-refractivity contribution in [3.63, 3.8) is 0 Å². The zero-order valence-electron chi connectivity index (χ0n) is 15.9. The first kappa shape index (κ1) is 19.1. The average molecular weight is 362 g/mol. The van der Waals surface area contributed by atoms with E-state index in [-0.39, 0.29) is 6.61 Å². The van der Waals surface area contributed by atoms with E-state index < -0.39 is 0 Å². The Kier molecular flexibility index (Phi) is 6.58. The van der Waals surface area contributed by atoms with Crippen molar-refractivity contribution < 1.29 is 9.84 Å². The lowest BCUT2D eigenvalue weighted by molar-refractivity contribution is 0.299. The van der Waals surface area contributed by atoms with Crippen LogP contribution in [-0.2, 0) is 19.5 Å². The molecule has 1 N–H and O–H groups in total. The number of aliphatic hydroxyl groups excluding tert-OH is 1. The van der Waals surface area contributed by atoms with Crippen molar-refractivity contribution in [2.75, 3.05) is 20.8 Å². The second kappa shape index (κ2) is 9.31. The molecule has 0 atom stereocenters. The molecule has 3 rings (SSSR count). The minimum absolute atomic E-state index is 0.153. The highest BCUT2D eigenvalue weighted by Crippen LogP contribution is 2.32. The van der Waals surface area contributed by atoms with Gasteiger partial charge in [-0.25, -0.2) is 0 Å². The lowest BCUT2D eigenvalue weighted by Gasteiger charge is -2.18. The highest BCUT2D eigenvalue weighted by molar-refractivity contribution is 5.71. The Morgan fingerprint density at radius 1 is 0.926 bits per heavy atom. The van der Waals surface area contributed by atoms with E-state index in [4.69, 9.17) is 4.74 Å². The van der Waals surface area contributed by atoms with Gasteiger partial charge in [0.15, 0.2) is 0 Å². The summed E-state index contributed by atoms with van der Waals surface area (Å²) in [5.41, 5.74) is 5.79. The number of pyridine rings is 1. The van der Waals surface area contributed by atoms with Gasteiger partial charge in [-0.1, -0.05) is 30.3 Å². The maximum atomic E-state index is 9.21. The Morgan fingerprint density at radius 2 is 1.70 bits per heavy atom. The highest BCUT2D eigenvalue weighted by Gasteiger charge is 2.10. The zero-order valence-corrected chi connectivity index (χ0v) is 15.9. The molecule has 3 aromatic rings. The average Bonchev–Trinajstić information content (AvgIpc) is 2.69. The largest absolute Gasteiger partial charge is 0.496 e. The van der Waals surface area contributed by atoms with Crippen LogP contribution in [0.5, 0.6) is 5.75 Å². The van der Waals surface area contributed by atoms with Gasteiger partial charge in [0.25, 0.3) is 0 Å². The maximum Gasteiger partial charge on any atom is 0.126 e. The summed E-state index contributed by atoms with van der Waals surface area (Å²) in [6.07, 6.45) is 4.31. The first-order valence-corrected chi connectivity index (χ1v) is 9.14. The molecule has 0 unspecified atom stereocenters. The van der Waals surface area contributed by atoms with Gasteiger partial charge < -0.3 is 9.84 Å². The molecule has 4 nitrogen and oxygen atoms in total. The fourth-order valence-electron chi connectivity index (χ4n) is 3.27. The number of rotatable bonds is 8. The monoisotopic (exact) mass is 362 g/mol. The summed E-state index contributed by atoms with van der Waals surface area (Å²) in [4.78, 5) is 6.35. The van der Waals surface area contributed by atoms with Crippen molar-refractivity contribution in [1.82, 2.24) is 9.88 Å². The minimum Gasteiger partial charge on any atom is -0.496 e. The Bertz CT molecular complexity index is 865. The maximum absolute atomic E-state index is 9.21. The molecular weight excluding hydrogens is 336 g/mol. The van der Waals surface area contributed by atoms with Crippen LogP contribution in [0.25, 0.3) is 11.1 Å². The SMILES string of the molecule is COc1ccc(CN(C)Cc2ccncc2)cc1-c1cccc(CCO)c1. The standard InChI is InChI=1S/C23H26N2O2/c1-25(16-19-8-11-24-12-9-19)17-20-6-7-23(27-2)22(15-20)21-5-3-4-18(14-21)10-13-26/h3-9,11-12,14-15,26H,10,13,16-17H2,1-2H3. The molecule has 0 spiro atoms. The van der Waals surface area contributed by atoms with Gasteiger partial charge in [0.05, 0.1) is 7.11 Å². The van der Waals surface area contributed by atoms with Gasteiger partial charge in [-0.05, 0) is 60.0 Å². The van der Waals surface area contributed by atoms with Gasteiger partial charge in [0.2, 0.25) is 0 Å². The number of aliphatic hydroxyl groups is 1. The van der Waals surface area contributed by atoms with Crippen LogP contribution in [0.3, 0.4) is 0 Å². The van der Waals surface area contributed by atoms with Crippen LogP contribution in [0.2, 0.25) is 0 Å². The molecule has 0 aliphatic rings. The number of aromatic nitrogens is 1. The smallest absolute Gasteiger partial charge is 0.126 e. The number of hydrogen-bond donors (Lipinski definition) is 1. The summed E-state index contributed by atoms with van der Waals surface area (Å²) < 4.78 is 5.59. The van der Waals surface area contributed by atoms with Crippen molar-refractivity contribution >= 4 is 0 Å². The van der Waals surface area contributed by atoms with Gasteiger partial charge in [-0.2, -0.15) is 0 Å². The van der Waals surface area contributed by atoms with E-state index in [1.54, 1.807) is 7.11 Å². The quantitative estimate of drug-likeness (QED) is 0.660. The van der Waals surface area contributed by atoms with Crippen LogP contribution in [0, 0.1) is 0 Å². The predicted molar refractivity (Wildman–Crippen MR) is 109 cm³/mol. The Hall–Kier alpha value is -2.69. The molecule has 27 heavy (non-hydrogen) atoms. The van der Waals surface area contributed by atoms with E-state index in [0.717, 1.165) is 35.5 Å². The number of ether oxygens (including phenoxy) is 1. The molecule has 0 radical (unpaired) electrons. The number of benzene rings is 2. The van der Waals surface area contributed by atoms with E-state index in [9.17, 15) is 5.11 Å². The van der Waals surface area contributed by atoms with Gasteiger partial charge >= 0.3 is 0 Å². The van der Waals surface area contributed by atoms with Gasteiger partial charge in [-0.3, -0.25) is 9.88 Å². The first-order chi connectivity index (χ1) is 13.2. The molecule has 2 aromatic carbocycles. The highest BCUT2D eigenvalue weighted by atomic mass is 16.5. The lowest BCUT2D eigenvalue weighted by Crippen LogP contribution is -2.17.